The highest BCUT2D eigenvalue weighted by atomic mass is 32.1. The van der Waals surface area contributed by atoms with Crippen LogP contribution in [0, 0.1) is 6.92 Å². The summed E-state index contributed by atoms with van der Waals surface area (Å²) in [4.78, 5) is 1.41. The molecule has 0 atom stereocenters. The summed E-state index contributed by atoms with van der Waals surface area (Å²) in [5, 5.41) is 5.57. The van der Waals surface area contributed by atoms with Crippen LogP contribution in [0.25, 0.3) is 5.57 Å². The van der Waals surface area contributed by atoms with Crippen LogP contribution < -0.4 is 5.32 Å². The Morgan fingerprint density at radius 3 is 3.00 bits per heavy atom. The fourth-order valence-electron chi connectivity index (χ4n) is 1.50. The first-order valence-electron chi connectivity index (χ1n) is 4.31. The van der Waals surface area contributed by atoms with Gasteiger partial charge >= 0.3 is 0 Å². The van der Waals surface area contributed by atoms with Gasteiger partial charge < -0.3 is 5.32 Å². The third-order valence-corrected chi connectivity index (χ3v) is 3.03. The molecule has 2 rings (SSSR count). The third-order valence-electron chi connectivity index (χ3n) is 2.17. The Balaban J connectivity index is 2.23. The van der Waals surface area contributed by atoms with E-state index < -0.39 is 0 Å². The number of rotatable bonds is 1. The molecule has 0 fully saturated rings. The Morgan fingerprint density at radius 1 is 1.50 bits per heavy atom. The summed E-state index contributed by atoms with van der Waals surface area (Å²) in [6.45, 7) is 4.32. The molecular formula is C10H13NS. The van der Waals surface area contributed by atoms with Crippen LogP contribution in [-0.2, 0) is 0 Å². The normalized spacial score (nSPS) is 17.6. The summed E-state index contributed by atoms with van der Waals surface area (Å²) in [7, 11) is 0. The molecule has 1 nitrogen and oxygen atoms in total. The number of thiophene rings is 1. The average Bonchev–Trinajstić information content (AvgIpc) is 2.54. The zero-order valence-corrected chi connectivity index (χ0v) is 8.08. The van der Waals surface area contributed by atoms with E-state index in [2.05, 4.69) is 29.8 Å². The lowest BCUT2D eigenvalue weighted by Crippen LogP contribution is -2.19. The van der Waals surface area contributed by atoms with Crippen molar-refractivity contribution in [2.24, 2.45) is 0 Å². The molecule has 0 aliphatic carbocycles. The van der Waals surface area contributed by atoms with Gasteiger partial charge in [0.2, 0.25) is 0 Å². The molecule has 0 bridgehead atoms. The summed E-state index contributed by atoms with van der Waals surface area (Å²) in [6.07, 6.45) is 3.47. The molecule has 1 aliphatic heterocycles. The smallest absolute Gasteiger partial charge is 0.0140 e. The van der Waals surface area contributed by atoms with Crippen molar-refractivity contribution in [3.63, 3.8) is 0 Å². The zero-order valence-electron chi connectivity index (χ0n) is 7.26. The molecule has 0 radical (unpaired) electrons. The van der Waals surface area contributed by atoms with Crippen LogP contribution in [0.4, 0.5) is 0 Å². The predicted octanol–water partition coefficient (Wildman–Crippen LogP) is 2.43. The van der Waals surface area contributed by atoms with E-state index in [1.807, 2.05) is 11.3 Å². The third kappa shape index (κ3) is 1.59. The molecule has 0 saturated carbocycles. The molecule has 1 aromatic heterocycles. The Kier molecular flexibility index (Phi) is 2.28. The van der Waals surface area contributed by atoms with Gasteiger partial charge in [-0.25, -0.2) is 0 Å². The van der Waals surface area contributed by atoms with Crippen LogP contribution in [0.1, 0.15) is 16.9 Å². The van der Waals surface area contributed by atoms with Gasteiger partial charge in [0.05, 0.1) is 0 Å². The van der Waals surface area contributed by atoms with Gasteiger partial charge in [-0.2, -0.15) is 0 Å². The molecule has 1 aromatic rings. The van der Waals surface area contributed by atoms with Gasteiger partial charge in [-0.1, -0.05) is 6.08 Å². The number of nitrogens with one attached hydrogen (secondary N) is 1. The Hall–Kier alpha value is -0.600. The highest BCUT2D eigenvalue weighted by molar-refractivity contribution is 7.10. The van der Waals surface area contributed by atoms with E-state index >= 15 is 0 Å². The molecule has 1 N–H and O–H groups in total. The molecule has 2 heteroatoms. The SMILES string of the molecule is Cc1cc(C2=CCNCC2)cs1. The van der Waals surface area contributed by atoms with Crippen molar-refractivity contribution in [2.45, 2.75) is 13.3 Å². The van der Waals surface area contributed by atoms with E-state index in [0.29, 0.717) is 0 Å². The van der Waals surface area contributed by atoms with Crippen molar-refractivity contribution in [2.75, 3.05) is 13.1 Å². The van der Waals surface area contributed by atoms with E-state index in [4.69, 9.17) is 0 Å². The van der Waals surface area contributed by atoms with Crippen LogP contribution in [0.15, 0.2) is 17.5 Å². The monoisotopic (exact) mass is 179 g/mol. The second-order valence-corrected chi connectivity index (χ2v) is 4.24. The second-order valence-electron chi connectivity index (χ2n) is 3.13. The van der Waals surface area contributed by atoms with E-state index in [9.17, 15) is 0 Å². The first-order valence-corrected chi connectivity index (χ1v) is 5.19. The molecule has 64 valence electrons. The molecule has 12 heavy (non-hydrogen) atoms. The van der Waals surface area contributed by atoms with E-state index in [-0.39, 0.29) is 0 Å². The average molecular weight is 179 g/mol. The minimum absolute atomic E-state index is 1.03. The summed E-state index contributed by atoms with van der Waals surface area (Å²) in [5.74, 6) is 0. The molecule has 0 unspecified atom stereocenters. The fourth-order valence-corrected chi connectivity index (χ4v) is 2.22. The van der Waals surface area contributed by atoms with Gasteiger partial charge in [0, 0.05) is 11.4 Å². The molecule has 0 saturated heterocycles. The van der Waals surface area contributed by atoms with Crippen LogP contribution in [-0.4, -0.2) is 13.1 Å². The minimum atomic E-state index is 1.03. The first kappa shape index (κ1) is 8.02. The summed E-state index contributed by atoms with van der Waals surface area (Å²) in [6, 6.07) is 2.28. The van der Waals surface area contributed by atoms with Gasteiger partial charge in [-0.3, -0.25) is 0 Å². The van der Waals surface area contributed by atoms with E-state index in [1.165, 1.54) is 22.4 Å². The quantitative estimate of drug-likeness (QED) is 0.698. The van der Waals surface area contributed by atoms with Gasteiger partial charge in [0.1, 0.15) is 0 Å². The minimum Gasteiger partial charge on any atom is -0.313 e. The summed E-state index contributed by atoms with van der Waals surface area (Å²) >= 11 is 1.84. The highest BCUT2D eigenvalue weighted by Crippen LogP contribution is 2.24. The van der Waals surface area contributed by atoms with Crippen molar-refractivity contribution >= 4 is 16.9 Å². The molecule has 0 aromatic carbocycles. The highest BCUT2D eigenvalue weighted by Gasteiger charge is 2.06. The van der Waals surface area contributed by atoms with Gasteiger partial charge in [-0.05, 0) is 42.5 Å². The molecule has 2 heterocycles. The lowest BCUT2D eigenvalue weighted by atomic mass is 10.0. The summed E-state index contributed by atoms with van der Waals surface area (Å²) < 4.78 is 0. The molecule has 1 aliphatic rings. The van der Waals surface area contributed by atoms with Crippen LogP contribution in [0.5, 0.6) is 0 Å². The van der Waals surface area contributed by atoms with Gasteiger partial charge in [0.25, 0.3) is 0 Å². The zero-order chi connectivity index (χ0) is 8.39. The van der Waals surface area contributed by atoms with Crippen molar-refractivity contribution in [1.82, 2.24) is 5.32 Å². The summed E-state index contributed by atoms with van der Waals surface area (Å²) in [5.41, 5.74) is 2.94. The Morgan fingerprint density at radius 2 is 2.42 bits per heavy atom. The molecule has 0 amide bonds. The molecule has 0 spiro atoms. The largest absolute Gasteiger partial charge is 0.313 e. The molecular weight excluding hydrogens is 166 g/mol. The maximum Gasteiger partial charge on any atom is 0.0140 e. The maximum absolute atomic E-state index is 3.32. The predicted molar refractivity (Wildman–Crippen MR) is 54.5 cm³/mol. The van der Waals surface area contributed by atoms with Crippen molar-refractivity contribution in [3.8, 4) is 0 Å². The van der Waals surface area contributed by atoms with E-state index in [1.54, 1.807) is 0 Å². The lowest BCUT2D eigenvalue weighted by Gasteiger charge is -2.12. The van der Waals surface area contributed by atoms with Gasteiger partial charge in [0.15, 0.2) is 0 Å². The second kappa shape index (κ2) is 3.42. The number of aryl methyl sites for hydroxylation is 1. The van der Waals surface area contributed by atoms with Crippen LogP contribution >= 0.6 is 11.3 Å². The van der Waals surface area contributed by atoms with Crippen LogP contribution in [0.3, 0.4) is 0 Å². The van der Waals surface area contributed by atoms with Crippen LogP contribution in [0.2, 0.25) is 0 Å². The van der Waals surface area contributed by atoms with E-state index in [0.717, 1.165) is 13.1 Å². The van der Waals surface area contributed by atoms with Gasteiger partial charge in [-0.15, -0.1) is 11.3 Å². The first-order chi connectivity index (χ1) is 5.86. The standard InChI is InChI=1S/C10H13NS/c1-8-6-10(7-12-8)9-2-4-11-5-3-9/h2,6-7,11H,3-5H2,1H3. The van der Waals surface area contributed by atoms with Crippen molar-refractivity contribution < 1.29 is 0 Å². The Labute approximate surface area is 77.1 Å². The fraction of sp³-hybridized carbons (Fsp3) is 0.400. The number of hydrogen-bond donors (Lipinski definition) is 1. The number of hydrogen-bond acceptors (Lipinski definition) is 2. The van der Waals surface area contributed by atoms with Crippen molar-refractivity contribution in [3.05, 3.63) is 28.0 Å². The maximum atomic E-state index is 3.32. The topological polar surface area (TPSA) is 12.0 Å². The van der Waals surface area contributed by atoms with Crippen molar-refractivity contribution in [1.29, 1.82) is 0 Å². The Bertz CT molecular complexity index is 299. The lowest BCUT2D eigenvalue weighted by molar-refractivity contribution is 0.739.